The zero-order valence-electron chi connectivity index (χ0n) is 14.0. The highest BCUT2D eigenvalue weighted by Crippen LogP contribution is 2.27. The second-order valence-electron chi connectivity index (χ2n) is 5.43. The second kappa shape index (κ2) is 7.72. The topological polar surface area (TPSA) is 72.5 Å². The van der Waals surface area contributed by atoms with E-state index in [0.29, 0.717) is 17.2 Å². The van der Waals surface area contributed by atoms with Crippen molar-refractivity contribution in [1.29, 1.82) is 0 Å². The highest BCUT2D eigenvalue weighted by atomic mass is 32.2. The van der Waals surface area contributed by atoms with Crippen LogP contribution in [0.5, 0.6) is 5.75 Å². The van der Waals surface area contributed by atoms with Crippen molar-refractivity contribution in [1.82, 2.24) is 5.32 Å². The Hall–Kier alpha value is -2.64. The molecule has 0 saturated carbocycles. The van der Waals surface area contributed by atoms with Gasteiger partial charge >= 0.3 is 0 Å². The van der Waals surface area contributed by atoms with Gasteiger partial charge in [0.05, 0.1) is 16.9 Å². The van der Waals surface area contributed by atoms with Gasteiger partial charge < -0.3 is 10.1 Å². The number of hydrogen-bond donors (Lipinski definition) is 1. The highest BCUT2D eigenvalue weighted by molar-refractivity contribution is 7.93. The number of sulfone groups is 1. The second-order valence-corrected chi connectivity index (χ2v) is 8.69. The van der Waals surface area contributed by atoms with Crippen molar-refractivity contribution in [2.24, 2.45) is 0 Å². The minimum atomic E-state index is -3.61. The van der Waals surface area contributed by atoms with Gasteiger partial charge in [-0.1, -0.05) is 36.4 Å². The predicted octanol–water partition coefficient (Wildman–Crippen LogP) is 3.52. The Labute approximate surface area is 156 Å². The van der Waals surface area contributed by atoms with Crippen molar-refractivity contribution in [2.75, 3.05) is 7.11 Å². The average molecular weight is 387 g/mol. The van der Waals surface area contributed by atoms with Gasteiger partial charge in [-0.25, -0.2) is 8.42 Å². The van der Waals surface area contributed by atoms with Crippen LogP contribution in [-0.4, -0.2) is 21.4 Å². The number of thiophene rings is 1. The Morgan fingerprint density at radius 1 is 1.00 bits per heavy atom. The van der Waals surface area contributed by atoms with E-state index >= 15 is 0 Å². The van der Waals surface area contributed by atoms with E-state index in [1.165, 1.54) is 24.3 Å². The Kier molecular flexibility index (Phi) is 5.39. The van der Waals surface area contributed by atoms with E-state index in [4.69, 9.17) is 4.74 Å². The van der Waals surface area contributed by atoms with Crippen molar-refractivity contribution < 1.29 is 17.9 Å². The summed E-state index contributed by atoms with van der Waals surface area (Å²) in [6.45, 7) is 0.293. The highest BCUT2D eigenvalue weighted by Gasteiger charge is 2.21. The van der Waals surface area contributed by atoms with E-state index in [1.807, 2.05) is 24.3 Å². The van der Waals surface area contributed by atoms with Gasteiger partial charge in [0.2, 0.25) is 9.84 Å². The van der Waals surface area contributed by atoms with Gasteiger partial charge in [-0.3, -0.25) is 4.79 Å². The van der Waals surface area contributed by atoms with Crippen molar-refractivity contribution in [3.05, 3.63) is 77.2 Å². The number of ether oxygens (including phenoxy) is 1. The molecule has 0 aliphatic carbocycles. The molecule has 0 spiro atoms. The fourth-order valence-electron chi connectivity index (χ4n) is 2.41. The maximum absolute atomic E-state index is 12.6. The summed E-state index contributed by atoms with van der Waals surface area (Å²) >= 11 is 0.957. The average Bonchev–Trinajstić information content (AvgIpc) is 3.18. The molecule has 0 atom stereocenters. The number of para-hydroxylation sites is 1. The lowest BCUT2D eigenvalue weighted by atomic mass is 10.2. The van der Waals surface area contributed by atoms with Crippen LogP contribution < -0.4 is 10.1 Å². The van der Waals surface area contributed by atoms with E-state index in [-0.39, 0.29) is 15.0 Å². The van der Waals surface area contributed by atoms with Crippen LogP contribution in [-0.2, 0) is 16.4 Å². The molecule has 3 rings (SSSR count). The molecule has 0 fully saturated rings. The molecule has 5 nitrogen and oxygen atoms in total. The molecule has 0 bridgehead atoms. The fourth-order valence-corrected chi connectivity index (χ4v) is 5.06. The SMILES string of the molecule is COc1ccccc1CNC(=O)c1ccc(S(=O)(=O)c2ccccc2)s1. The largest absolute Gasteiger partial charge is 0.496 e. The van der Waals surface area contributed by atoms with Crippen LogP contribution in [0.1, 0.15) is 15.2 Å². The maximum Gasteiger partial charge on any atom is 0.261 e. The minimum Gasteiger partial charge on any atom is -0.496 e. The van der Waals surface area contributed by atoms with E-state index < -0.39 is 9.84 Å². The monoisotopic (exact) mass is 387 g/mol. The molecule has 26 heavy (non-hydrogen) atoms. The van der Waals surface area contributed by atoms with Gasteiger partial charge in [-0.15, -0.1) is 11.3 Å². The molecule has 7 heteroatoms. The lowest BCUT2D eigenvalue weighted by molar-refractivity contribution is 0.0954. The number of hydrogen-bond acceptors (Lipinski definition) is 5. The molecule has 0 aliphatic heterocycles. The van der Waals surface area contributed by atoms with Gasteiger partial charge in [-0.2, -0.15) is 0 Å². The summed E-state index contributed by atoms with van der Waals surface area (Å²) in [6.07, 6.45) is 0. The zero-order chi connectivity index (χ0) is 18.6. The number of methoxy groups -OCH3 is 1. The summed E-state index contributed by atoms with van der Waals surface area (Å²) in [6, 6.07) is 18.5. The predicted molar refractivity (Wildman–Crippen MR) is 100 cm³/mol. The van der Waals surface area contributed by atoms with Crippen LogP contribution >= 0.6 is 11.3 Å². The van der Waals surface area contributed by atoms with Gasteiger partial charge in [-0.05, 0) is 30.3 Å². The normalized spacial score (nSPS) is 11.1. The summed E-state index contributed by atoms with van der Waals surface area (Å²) < 4.78 is 30.6. The lowest BCUT2D eigenvalue weighted by Crippen LogP contribution is -2.22. The maximum atomic E-state index is 12.6. The van der Waals surface area contributed by atoms with Crippen LogP contribution in [0.4, 0.5) is 0 Å². The Bertz CT molecular complexity index is 1010. The van der Waals surface area contributed by atoms with Crippen LogP contribution in [0.2, 0.25) is 0 Å². The first-order chi connectivity index (χ1) is 12.5. The third kappa shape index (κ3) is 3.79. The van der Waals surface area contributed by atoms with E-state index in [0.717, 1.165) is 16.9 Å². The van der Waals surface area contributed by atoms with Crippen LogP contribution in [0.15, 0.2) is 75.8 Å². The van der Waals surface area contributed by atoms with Gasteiger partial charge in [0, 0.05) is 12.1 Å². The number of carbonyl (C=O) groups excluding carboxylic acids is 1. The molecule has 0 aliphatic rings. The molecule has 134 valence electrons. The van der Waals surface area contributed by atoms with Gasteiger partial charge in [0.15, 0.2) is 0 Å². The molecule has 1 aromatic heterocycles. The summed E-state index contributed by atoms with van der Waals surface area (Å²) in [4.78, 5) is 12.9. The van der Waals surface area contributed by atoms with Gasteiger partial charge in [0.1, 0.15) is 9.96 Å². The fraction of sp³-hybridized carbons (Fsp3) is 0.105. The molecule has 0 unspecified atom stereocenters. The Balaban J connectivity index is 1.74. The lowest BCUT2D eigenvalue weighted by Gasteiger charge is -2.08. The third-order valence-electron chi connectivity index (χ3n) is 3.76. The van der Waals surface area contributed by atoms with E-state index in [2.05, 4.69) is 5.32 Å². The molecule has 1 amide bonds. The molecular formula is C19H17NO4S2. The molecular weight excluding hydrogens is 370 g/mol. The van der Waals surface area contributed by atoms with Crippen LogP contribution in [0, 0.1) is 0 Å². The summed E-state index contributed by atoms with van der Waals surface area (Å²) in [7, 11) is -2.04. The van der Waals surface area contributed by atoms with E-state index in [9.17, 15) is 13.2 Å². The number of nitrogens with one attached hydrogen (secondary N) is 1. The minimum absolute atomic E-state index is 0.145. The van der Waals surface area contributed by atoms with Gasteiger partial charge in [0.25, 0.3) is 5.91 Å². The van der Waals surface area contributed by atoms with Crippen molar-refractivity contribution in [3.63, 3.8) is 0 Å². The molecule has 1 N–H and O–H groups in total. The van der Waals surface area contributed by atoms with Crippen LogP contribution in [0.25, 0.3) is 0 Å². The smallest absolute Gasteiger partial charge is 0.261 e. The first-order valence-corrected chi connectivity index (χ1v) is 10.1. The third-order valence-corrected chi connectivity index (χ3v) is 7.10. The Morgan fingerprint density at radius 2 is 1.69 bits per heavy atom. The van der Waals surface area contributed by atoms with Crippen molar-refractivity contribution >= 4 is 27.1 Å². The quantitative estimate of drug-likeness (QED) is 0.702. The summed E-state index contributed by atoms with van der Waals surface area (Å²) in [5, 5.41) is 2.79. The molecule has 2 aromatic carbocycles. The Morgan fingerprint density at radius 3 is 2.42 bits per heavy atom. The molecule has 1 heterocycles. The van der Waals surface area contributed by atoms with Crippen LogP contribution in [0.3, 0.4) is 0 Å². The number of benzene rings is 2. The van der Waals surface area contributed by atoms with Crippen molar-refractivity contribution in [3.8, 4) is 5.75 Å². The summed E-state index contributed by atoms with van der Waals surface area (Å²) in [5.41, 5.74) is 0.844. The number of rotatable bonds is 6. The number of amides is 1. The summed E-state index contributed by atoms with van der Waals surface area (Å²) in [5.74, 6) is 0.363. The first kappa shape index (κ1) is 18.2. The number of carbonyl (C=O) groups is 1. The molecule has 0 radical (unpaired) electrons. The zero-order valence-corrected chi connectivity index (χ0v) is 15.6. The molecule has 0 saturated heterocycles. The van der Waals surface area contributed by atoms with E-state index in [1.54, 1.807) is 25.3 Å². The molecule has 3 aromatic rings. The standard InChI is InChI=1S/C19H17NO4S2/c1-24-16-10-6-5-7-14(16)13-20-19(21)17-11-12-18(25-17)26(22,23)15-8-3-2-4-9-15/h2-12H,13H2,1H3,(H,20,21). The first-order valence-electron chi connectivity index (χ1n) is 7.82. The van der Waals surface area contributed by atoms with Crippen molar-refractivity contribution in [2.45, 2.75) is 15.6 Å².